The molecule has 1 aliphatic rings. The fraction of sp³-hybridized carbons (Fsp3) is 0.818. The molecule has 1 saturated heterocycles. The van der Waals surface area contributed by atoms with Gasteiger partial charge in [-0.1, -0.05) is 0 Å². The van der Waals surface area contributed by atoms with E-state index < -0.39 is 17.9 Å². The average Bonchev–Trinajstić information content (AvgIpc) is 2.67. The maximum absolute atomic E-state index is 12.2. The summed E-state index contributed by atoms with van der Waals surface area (Å²) in [6, 6.07) is -0.849. The van der Waals surface area contributed by atoms with Gasteiger partial charge in [0.1, 0.15) is 0 Å². The van der Waals surface area contributed by atoms with E-state index in [2.05, 4.69) is 0 Å². The van der Waals surface area contributed by atoms with Gasteiger partial charge in [-0.3, -0.25) is 4.79 Å². The van der Waals surface area contributed by atoms with Gasteiger partial charge in [-0.05, 0) is 13.8 Å². The maximum atomic E-state index is 12.2. The highest BCUT2D eigenvalue weighted by Gasteiger charge is 2.39. The summed E-state index contributed by atoms with van der Waals surface area (Å²) in [6.45, 7) is 4.18. The van der Waals surface area contributed by atoms with E-state index in [0.717, 1.165) is 0 Å². The van der Waals surface area contributed by atoms with Crippen LogP contribution in [0.5, 0.6) is 0 Å². The van der Waals surface area contributed by atoms with E-state index in [1.165, 1.54) is 9.80 Å². The Labute approximate surface area is 106 Å². The summed E-state index contributed by atoms with van der Waals surface area (Å²) in [5.41, 5.74) is 5.72. The third-order valence-corrected chi connectivity index (χ3v) is 3.16. The van der Waals surface area contributed by atoms with E-state index in [1.807, 2.05) is 13.8 Å². The zero-order valence-corrected chi connectivity index (χ0v) is 10.7. The fourth-order valence-corrected chi connectivity index (χ4v) is 2.11. The number of urea groups is 1. The van der Waals surface area contributed by atoms with E-state index in [-0.39, 0.29) is 38.3 Å². The van der Waals surface area contributed by atoms with Gasteiger partial charge in [-0.25, -0.2) is 4.79 Å². The Morgan fingerprint density at radius 2 is 2.06 bits per heavy atom. The molecule has 2 amide bonds. The Morgan fingerprint density at radius 1 is 1.44 bits per heavy atom. The molecular weight excluding hydrogens is 238 g/mol. The molecule has 2 atom stereocenters. The third kappa shape index (κ3) is 3.11. The van der Waals surface area contributed by atoms with Crippen LogP contribution >= 0.6 is 0 Å². The number of aliphatic carboxylic acids is 1. The Hall–Kier alpha value is -1.34. The van der Waals surface area contributed by atoms with Crippen molar-refractivity contribution in [1.29, 1.82) is 0 Å². The summed E-state index contributed by atoms with van der Waals surface area (Å²) in [4.78, 5) is 26.1. The van der Waals surface area contributed by atoms with Crippen molar-refractivity contribution >= 4 is 12.0 Å². The van der Waals surface area contributed by atoms with Gasteiger partial charge in [0.25, 0.3) is 0 Å². The highest BCUT2D eigenvalue weighted by molar-refractivity contribution is 5.78. The van der Waals surface area contributed by atoms with E-state index in [1.54, 1.807) is 0 Å². The maximum Gasteiger partial charge on any atom is 0.320 e. The SMILES string of the molecule is CC(C)N(CCO)C(=O)N1C[C@H](N)[C@H](C(=O)O)C1. The molecule has 0 aliphatic carbocycles. The molecule has 0 spiro atoms. The van der Waals surface area contributed by atoms with Gasteiger partial charge in [0, 0.05) is 31.7 Å². The second kappa shape index (κ2) is 6.01. The molecule has 1 heterocycles. The first kappa shape index (κ1) is 14.7. The minimum atomic E-state index is -0.976. The number of carbonyl (C=O) groups excluding carboxylic acids is 1. The molecule has 7 nitrogen and oxygen atoms in total. The lowest BCUT2D eigenvalue weighted by Crippen LogP contribution is -2.47. The number of hydrogen-bond acceptors (Lipinski definition) is 4. The van der Waals surface area contributed by atoms with Crippen molar-refractivity contribution in [3.8, 4) is 0 Å². The van der Waals surface area contributed by atoms with Gasteiger partial charge in [-0.2, -0.15) is 0 Å². The number of nitrogens with zero attached hydrogens (tertiary/aromatic N) is 2. The number of amides is 2. The summed E-state index contributed by atoms with van der Waals surface area (Å²) in [7, 11) is 0. The van der Waals surface area contributed by atoms with Crippen molar-refractivity contribution in [3.63, 3.8) is 0 Å². The van der Waals surface area contributed by atoms with Crippen molar-refractivity contribution < 1.29 is 19.8 Å². The number of aliphatic hydroxyl groups is 1. The van der Waals surface area contributed by atoms with Crippen LogP contribution in [0.15, 0.2) is 0 Å². The number of hydrogen-bond donors (Lipinski definition) is 3. The molecule has 0 aromatic heterocycles. The summed E-state index contributed by atoms with van der Waals surface area (Å²) in [5, 5.41) is 17.9. The highest BCUT2D eigenvalue weighted by Crippen LogP contribution is 2.18. The third-order valence-electron chi connectivity index (χ3n) is 3.16. The molecule has 0 aromatic rings. The molecule has 0 saturated carbocycles. The molecule has 7 heteroatoms. The summed E-state index contributed by atoms with van der Waals surface area (Å²) in [6.07, 6.45) is 0. The van der Waals surface area contributed by atoms with Crippen LogP contribution in [0, 0.1) is 5.92 Å². The number of rotatable bonds is 4. The zero-order chi connectivity index (χ0) is 13.9. The summed E-state index contributed by atoms with van der Waals surface area (Å²) >= 11 is 0. The summed E-state index contributed by atoms with van der Waals surface area (Å²) in [5.74, 6) is -1.69. The Balaban J connectivity index is 2.70. The molecule has 1 aliphatic heterocycles. The Morgan fingerprint density at radius 3 is 2.44 bits per heavy atom. The van der Waals surface area contributed by atoms with Crippen molar-refractivity contribution in [2.24, 2.45) is 11.7 Å². The fourth-order valence-electron chi connectivity index (χ4n) is 2.11. The van der Waals surface area contributed by atoms with Crippen LogP contribution in [-0.4, -0.2) is 70.3 Å². The molecule has 0 bridgehead atoms. The topological polar surface area (TPSA) is 107 Å². The van der Waals surface area contributed by atoms with Crippen molar-refractivity contribution in [3.05, 3.63) is 0 Å². The van der Waals surface area contributed by atoms with Crippen LogP contribution in [0.25, 0.3) is 0 Å². The number of carboxylic acids is 1. The lowest BCUT2D eigenvalue weighted by atomic mass is 10.1. The molecule has 0 unspecified atom stereocenters. The first-order valence-electron chi connectivity index (χ1n) is 6.03. The van der Waals surface area contributed by atoms with Gasteiger partial charge < -0.3 is 25.7 Å². The normalized spacial score (nSPS) is 23.5. The quantitative estimate of drug-likeness (QED) is 0.610. The van der Waals surface area contributed by atoms with Gasteiger partial charge in [0.05, 0.1) is 12.5 Å². The monoisotopic (exact) mass is 259 g/mol. The molecule has 18 heavy (non-hydrogen) atoms. The van der Waals surface area contributed by atoms with Crippen molar-refractivity contribution in [2.45, 2.75) is 25.9 Å². The summed E-state index contributed by atoms with van der Waals surface area (Å²) < 4.78 is 0. The van der Waals surface area contributed by atoms with Crippen molar-refractivity contribution in [1.82, 2.24) is 9.80 Å². The molecule has 4 N–H and O–H groups in total. The largest absolute Gasteiger partial charge is 0.481 e. The molecular formula is C11H21N3O4. The van der Waals surface area contributed by atoms with E-state index in [0.29, 0.717) is 0 Å². The average molecular weight is 259 g/mol. The zero-order valence-electron chi connectivity index (χ0n) is 10.7. The van der Waals surface area contributed by atoms with Gasteiger partial charge >= 0.3 is 12.0 Å². The van der Waals surface area contributed by atoms with Gasteiger partial charge in [0.15, 0.2) is 0 Å². The van der Waals surface area contributed by atoms with Crippen LogP contribution in [0.4, 0.5) is 4.79 Å². The second-order valence-corrected chi connectivity index (χ2v) is 4.81. The van der Waals surface area contributed by atoms with Crippen LogP contribution in [0.3, 0.4) is 0 Å². The molecule has 1 fully saturated rings. The molecule has 1 rings (SSSR count). The lowest BCUT2D eigenvalue weighted by molar-refractivity contribution is -0.141. The number of nitrogens with two attached hydrogens (primary N) is 1. The predicted octanol–water partition coefficient (Wildman–Crippen LogP) is -0.847. The van der Waals surface area contributed by atoms with Crippen LogP contribution in [0.2, 0.25) is 0 Å². The lowest BCUT2D eigenvalue weighted by Gasteiger charge is -2.30. The minimum absolute atomic E-state index is 0.0512. The first-order valence-corrected chi connectivity index (χ1v) is 6.03. The molecule has 0 aromatic carbocycles. The van der Waals surface area contributed by atoms with Crippen LogP contribution in [-0.2, 0) is 4.79 Å². The standard InChI is InChI=1S/C11H21N3O4/c1-7(2)14(3-4-15)11(18)13-5-8(10(16)17)9(12)6-13/h7-9,15H,3-6,12H2,1-2H3,(H,16,17)/t8-,9+/m1/s1. The number of carboxylic acid groups (broad SMARTS) is 1. The van der Waals surface area contributed by atoms with E-state index in [4.69, 9.17) is 15.9 Å². The van der Waals surface area contributed by atoms with Crippen LogP contribution in [0.1, 0.15) is 13.8 Å². The Bertz CT molecular complexity index is 321. The predicted molar refractivity (Wildman–Crippen MR) is 65.0 cm³/mol. The van der Waals surface area contributed by atoms with Gasteiger partial charge in [0.2, 0.25) is 0 Å². The Kier molecular flexibility index (Phi) is 4.92. The second-order valence-electron chi connectivity index (χ2n) is 4.81. The van der Waals surface area contributed by atoms with Crippen molar-refractivity contribution in [2.75, 3.05) is 26.2 Å². The number of carbonyl (C=O) groups is 2. The highest BCUT2D eigenvalue weighted by atomic mass is 16.4. The molecule has 0 radical (unpaired) electrons. The first-order chi connectivity index (χ1) is 8.38. The van der Waals surface area contributed by atoms with E-state index >= 15 is 0 Å². The minimum Gasteiger partial charge on any atom is -0.481 e. The smallest absolute Gasteiger partial charge is 0.320 e. The molecule has 104 valence electrons. The van der Waals surface area contributed by atoms with E-state index in [9.17, 15) is 9.59 Å². The number of aliphatic hydroxyl groups excluding tert-OH is 1. The van der Waals surface area contributed by atoms with Gasteiger partial charge in [-0.15, -0.1) is 0 Å². The number of likely N-dealkylation sites (tertiary alicyclic amines) is 1. The van der Waals surface area contributed by atoms with Crippen LogP contribution < -0.4 is 5.73 Å².